The van der Waals surface area contributed by atoms with Gasteiger partial charge >= 0.3 is 5.69 Å². The summed E-state index contributed by atoms with van der Waals surface area (Å²) in [5.74, 6) is -0.310. The molecule has 0 spiro atoms. The summed E-state index contributed by atoms with van der Waals surface area (Å²) in [4.78, 5) is 29.9. The molecule has 176 valence electrons. The van der Waals surface area contributed by atoms with Gasteiger partial charge in [-0.25, -0.2) is 19.1 Å². The molecule has 10 heteroatoms. The van der Waals surface area contributed by atoms with Crippen molar-refractivity contribution >= 4 is 28.6 Å². The third-order valence-electron chi connectivity index (χ3n) is 5.59. The summed E-state index contributed by atoms with van der Waals surface area (Å²) in [6.07, 6.45) is 5.31. The Labute approximate surface area is 208 Å². The molecule has 36 heavy (non-hydrogen) atoms. The van der Waals surface area contributed by atoms with Crippen molar-refractivity contribution in [3.05, 3.63) is 119 Å². The fourth-order valence-electron chi connectivity index (χ4n) is 3.85. The summed E-state index contributed by atoms with van der Waals surface area (Å²) in [5.41, 5.74) is 3.92. The van der Waals surface area contributed by atoms with Crippen LogP contribution in [0.3, 0.4) is 0 Å². The summed E-state index contributed by atoms with van der Waals surface area (Å²) in [6.45, 7) is 0.288. The molecule has 0 unspecified atom stereocenters. The second kappa shape index (κ2) is 9.08. The van der Waals surface area contributed by atoms with Crippen molar-refractivity contribution < 1.29 is 4.79 Å². The molecule has 0 atom stereocenters. The maximum Gasteiger partial charge on any atom is 0.350 e. The van der Waals surface area contributed by atoms with E-state index in [1.807, 2.05) is 60.8 Å². The Morgan fingerprint density at radius 2 is 1.86 bits per heavy atom. The molecule has 9 nitrogen and oxygen atoms in total. The highest BCUT2D eigenvalue weighted by Crippen LogP contribution is 2.25. The van der Waals surface area contributed by atoms with E-state index in [1.54, 1.807) is 40.7 Å². The van der Waals surface area contributed by atoms with Gasteiger partial charge in [-0.05, 0) is 42.0 Å². The van der Waals surface area contributed by atoms with Gasteiger partial charge in [-0.2, -0.15) is 5.10 Å². The van der Waals surface area contributed by atoms with Crippen LogP contribution >= 0.6 is 11.3 Å². The largest absolute Gasteiger partial charge is 0.350 e. The maximum absolute atomic E-state index is 12.9. The minimum Gasteiger partial charge on any atom is -0.321 e. The van der Waals surface area contributed by atoms with Crippen molar-refractivity contribution in [2.24, 2.45) is 0 Å². The van der Waals surface area contributed by atoms with Crippen LogP contribution < -0.4 is 11.0 Å². The Hall–Kier alpha value is -4.83. The average molecular weight is 494 g/mol. The van der Waals surface area contributed by atoms with E-state index >= 15 is 0 Å². The van der Waals surface area contributed by atoms with E-state index in [4.69, 9.17) is 0 Å². The Kier molecular flexibility index (Phi) is 5.47. The lowest BCUT2D eigenvalue weighted by atomic mass is 10.2. The van der Waals surface area contributed by atoms with Gasteiger partial charge in [0.05, 0.1) is 18.4 Å². The second-order valence-electron chi connectivity index (χ2n) is 8.07. The molecule has 6 aromatic rings. The van der Waals surface area contributed by atoms with Crippen molar-refractivity contribution in [3.8, 4) is 16.3 Å². The number of rotatable bonds is 6. The van der Waals surface area contributed by atoms with Crippen molar-refractivity contribution in [2.75, 3.05) is 5.32 Å². The first-order valence-corrected chi connectivity index (χ1v) is 12.0. The summed E-state index contributed by atoms with van der Waals surface area (Å²) >= 11 is 1.38. The molecule has 1 N–H and O–H groups in total. The van der Waals surface area contributed by atoms with Gasteiger partial charge in [0.25, 0.3) is 5.91 Å². The standard InChI is InChI=1S/C26H19N7O2S/c34-24(22-17-36-25(29-22)19-14-27-32(16-19)21-9-2-1-3-10-21)28-20-8-6-7-18(13-20)15-33-26(35)31-12-5-4-11-23(31)30-33/h1-14,16-17H,15H2,(H,28,34). The fourth-order valence-corrected chi connectivity index (χ4v) is 4.63. The van der Waals surface area contributed by atoms with E-state index in [-0.39, 0.29) is 18.1 Å². The minimum absolute atomic E-state index is 0.217. The molecule has 1 amide bonds. The quantitative estimate of drug-likeness (QED) is 0.377. The molecule has 0 bridgehead atoms. The molecule has 2 aromatic carbocycles. The molecule has 0 aliphatic carbocycles. The number of fused-ring (bicyclic) bond motifs is 1. The summed E-state index contributed by atoms with van der Waals surface area (Å²) in [6, 6.07) is 22.5. The van der Waals surface area contributed by atoms with Crippen LogP contribution in [0.1, 0.15) is 16.1 Å². The first-order chi connectivity index (χ1) is 17.6. The molecule has 4 aromatic heterocycles. The molecule has 0 aliphatic rings. The van der Waals surface area contributed by atoms with Crippen LogP contribution in [-0.2, 0) is 6.54 Å². The zero-order chi connectivity index (χ0) is 24.5. The fraction of sp³-hybridized carbons (Fsp3) is 0.0385. The SMILES string of the molecule is O=C(Nc1cccc(Cn2nc3ccccn3c2=O)c1)c1csc(-c2cnn(-c3ccccc3)c2)n1. The van der Waals surface area contributed by atoms with Gasteiger partial charge in [0.15, 0.2) is 5.65 Å². The normalized spacial score (nSPS) is 11.1. The first-order valence-electron chi connectivity index (χ1n) is 11.1. The zero-order valence-electron chi connectivity index (χ0n) is 18.9. The van der Waals surface area contributed by atoms with Crippen LogP contribution in [0.25, 0.3) is 21.9 Å². The third kappa shape index (κ3) is 4.21. The van der Waals surface area contributed by atoms with Crippen LogP contribution in [-0.4, -0.2) is 34.9 Å². The summed E-state index contributed by atoms with van der Waals surface area (Å²) in [7, 11) is 0. The number of hydrogen-bond donors (Lipinski definition) is 1. The number of carbonyl (C=O) groups is 1. The number of para-hydroxylation sites is 1. The van der Waals surface area contributed by atoms with Crippen molar-refractivity contribution in [2.45, 2.75) is 6.54 Å². The van der Waals surface area contributed by atoms with E-state index in [2.05, 4.69) is 20.5 Å². The highest BCUT2D eigenvalue weighted by atomic mass is 32.1. The monoisotopic (exact) mass is 493 g/mol. The molecule has 0 radical (unpaired) electrons. The van der Waals surface area contributed by atoms with Crippen LogP contribution in [0.15, 0.2) is 102 Å². The van der Waals surface area contributed by atoms with Crippen LogP contribution in [0.2, 0.25) is 0 Å². The lowest BCUT2D eigenvalue weighted by molar-refractivity contribution is 0.102. The van der Waals surface area contributed by atoms with E-state index in [0.717, 1.165) is 16.8 Å². The Morgan fingerprint density at radius 3 is 2.72 bits per heavy atom. The summed E-state index contributed by atoms with van der Waals surface area (Å²) < 4.78 is 4.67. The third-order valence-corrected chi connectivity index (χ3v) is 6.48. The highest BCUT2D eigenvalue weighted by Gasteiger charge is 2.14. The van der Waals surface area contributed by atoms with E-state index < -0.39 is 0 Å². The number of carbonyl (C=O) groups excluding carboxylic acids is 1. The van der Waals surface area contributed by atoms with Gasteiger partial charge in [-0.1, -0.05) is 36.4 Å². The topological polar surface area (TPSA) is 99.1 Å². The average Bonchev–Trinajstić information content (AvgIpc) is 3.65. The van der Waals surface area contributed by atoms with Gasteiger partial charge in [0, 0.05) is 29.0 Å². The number of anilines is 1. The molecule has 0 saturated heterocycles. The van der Waals surface area contributed by atoms with Crippen LogP contribution in [0.4, 0.5) is 5.69 Å². The number of nitrogens with zero attached hydrogens (tertiary/aromatic N) is 6. The van der Waals surface area contributed by atoms with Crippen molar-refractivity contribution in [3.63, 3.8) is 0 Å². The van der Waals surface area contributed by atoms with Gasteiger partial charge in [-0.3, -0.25) is 9.20 Å². The van der Waals surface area contributed by atoms with Gasteiger partial charge in [0.2, 0.25) is 0 Å². The first kappa shape index (κ1) is 21.7. The number of nitrogens with one attached hydrogen (secondary N) is 1. The Morgan fingerprint density at radius 1 is 1.00 bits per heavy atom. The Bertz CT molecular complexity index is 1750. The lowest BCUT2D eigenvalue weighted by Gasteiger charge is -2.06. The number of pyridine rings is 1. The molecular weight excluding hydrogens is 474 g/mol. The van der Waals surface area contributed by atoms with E-state index in [9.17, 15) is 9.59 Å². The van der Waals surface area contributed by atoms with Crippen LogP contribution in [0.5, 0.6) is 0 Å². The van der Waals surface area contributed by atoms with Gasteiger partial charge in [0.1, 0.15) is 10.7 Å². The predicted molar refractivity (Wildman–Crippen MR) is 138 cm³/mol. The van der Waals surface area contributed by atoms with Crippen LogP contribution in [0, 0.1) is 0 Å². The molecule has 6 rings (SSSR count). The maximum atomic E-state index is 12.9. The van der Waals surface area contributed by atoms with E-state index in [0.29, 0.717) is 22.0 Å². The predicted octanol–water partition coefficient (Wildman–Crippen LogP) is 4.11. The van der Waals surface area contributed by atoms with Crippen molar-refractivity contribution in [1.29, 1.82) is 0 Å². The molecular formula is C26H19N7O2S. The van der Waals surface area contributed by atoms with Crippen molar-refractivity contribution in [1.82, 2.24) is 28.9 Å². The van der Waals surface area contributed by atoms with Gasteiger partial charge < -0.3 is 5.32 Å². The smallest absolute Gasteiger partial charge is 0.321 e. The minimum atomic E-state index is -0.310. The number of hydrogen-bond acceptors (Lipinski definition) is 6. The molecule has 4 heterocycles. The van der Waals surface area contributed by atoms with E-state index in [1.165, 1.54) is 20.4 Å². The number of thiazole rings is 1. The number of amides is 1. The second-order valence-corrected chi connectivity index (χ2v) is 8.93. The Balaban J connectivity index is 1.17. The lowest BCUT2D eigenvalue weighted by Crippen LogP contribution is -2.21. The highest BCUT2D eigenvalue weighted by molar-refractivity contribution is 7.13. The molecule has 0 fully saturated rings. The van der Waals surface area contributed by atoms with Gasteiger partial charge in [-0.15, -0.1) is 16.4 Å². The molecule has 0 aliphatic heterocycles. The zero-order valence-corrected chi connectivity index (χ0v) is 19.7. The summed E-state index contributed by atoms with van der Waals surface area (Å²) in [5, 5.41) is 14.1. The molecule has 0 saturated carbocycles. The number of benzene rings is 2. The number of aromatic nitrogens is 6.